The van der Waals surface area contributed by atoms with Crippen LogP contribution in [-0.2, 0) is 26.0 Å². The number of halogens is 3. The van der Waals surface area contributed by atoms with E-state index in [9.17, 15) is 36.0 Å². The van der Waals surface area contributed by atoms with Gasteiger partial charge in [0, 0.05) is 37.3 Å². The number of hydrogen-bond donors (Lipinski definition) is 2. The molecule has 51 heavy (non-hydrogen) atoms. The minimum absolute atomic E-state index is 0.0296. The Morgan fingerprint density at radius 3 is 2.25 bits per heavy atom. The van der Waals surface area contributed by atoms with Crippen molar-refractivity contribution in [3.05, 3.63) is 124 Å². The topological polar surface area (TPSA) is 157 Å². The van der Waals surface area contributed by atoms with Gasteiger partial charge in [-0.05, 0) is 78.4 Å². The predicted molar refractivity (Wildman–Crippen MR) is 181 cm³/mol. The van der Waals surface area contributed by atoms with Crippen LogP contribution in [0.15, 0.2) is 94.6 Å². The summed E-state index contributed by atoms with van der Waals surface area (Å²) in [6, 6.07) is 16.8. The predicted octanol–water partition coefficient (Wildman–Crippen LogP) is 3.33. The molecule has 12 nitrogen and oxygen atoms in total. The summed E-state index contributed by atoms with van der Waals surface area (Å²) in [5.74, 6) is -3.43. The van der Waals surface area contributed by atoms with Crippen LogP contribution >= 0.6 is 0 Å². The molecule has 1 aliphatic heterocycles. The zero-order valence-corrected chi connectivity index (χ0v) is 27.9. The molecule has 1 aliphatic rings. The van der Waals surface area contributed by atoms with Crippen LogP contribution in [0.4, 0.5) is 18.9 Å². The van der Waals surface area contributed by atoms with Gasteiger partial charge in [0.25, 0.3) is 5.56 Å². The van der Waals surface area contributed by atoms with E-state index in [1.54, 1.807) is 24.3 Å². The van der Waals surface area contributed by atoms with Gasteiger partial charge in [-0.25, -0.2) is 26.6 Å². The number of sulfonamides is 1. The third-order valence-corrected chi connectivity index (χ3v) is 10.2. The summed E-state index contributed by atoms with van der Waals surface area (Å²) in [5.41, 5.74) is 5.80. The number of amides is 2. The number of hydrogen-bond acceptors (Lipinski definition) is 8. The Hall–Kier alpha value is -5.74. The van der Waals surface area contributed by atoms with Crippen LogP contribution < -0.4 is 21.3 Å². The van der Waals surface area contributed by atoms with E-state index in [1.807, 2.05) is 0 Å². The van der Waals surface area contributed by atoms with Crippen molar-refractivity contribution in [3.8, 4) is 11.4 Å². The number of ether oxygens (including phenoxy) is 1. The number of rotatable bonds is 10. The van der Waals surface area contributed by atoms with Gasteiger partial charge in [0.1, 0.15) is 29.0 Å². The lowest BCUT2D eigenvalue weighted by Gasteiger charge is -2.33. The first kappa shape index (κ1) is 35.1. The SMILES string of the molecule is COc1ccc(-n2c([C@H](Cc3cc(F)cc(F)c3)NC(=O)CN3CCN(S(=O)(=O)c4ccc(N)cc4)CC3=O)nc3cc(F)ccc3c2=O)cc1. The van der Waals surface area contributed by atoms with Gasteiger partial charge < -0.3 is 20.7 Å². The normalized spacial score (nSPS) is 14.4. The fraction of sp³-hybridized carbons (Fsp3) is 0.200. The summed E-state index contributed by atoms with van der Waals surface area (Å²) in [7, 11) is -2.56. The van der Waals surface area contributed by atoms with E-state index in [0.717, 1.165) is 28.6 Å². The number of benzene rings is 4. The zero-order valence-electron chi connectivity index (χ0n) is 27.1. The number of piperazine rings is 1. The molecule has 1 atom stereocenters. The number of carbonyl (C=O) groups excluding carboxylic acids is 2. The van der Waals surface area contributed by atoms with Crippen LogP contribution in [0.2, 0.25) is 0 Å². The minimum atomic E-state index is -4.03. The van der Waals surface area contributed by atoms with Gasteiger partial charge in [-0.2, -0.15) is 4.31 Å². The number of nitrogens with zero attached hydrogens (tertiary/aromatic N) is 4. The second kappa shape index (κ2) is 14.2. The fourth-order valence-corrected chi connectivity index (χ4v) is 7.20. The number of carbonyl (C=O) groups is 2. The molecular formula is C35H31F3N6O6S. The number of methoxy groups -OCH3 is 1. The highest BCUT2D eigenvalue weighted by Gasteiger charge is 2.34. The van der Waals surface area contributed by atoms with E-state index in [-0.39, 0.29) is 46.7 Å². The Balaban J connectivity index is 1.33. The molecular weight excluding hydrogens is 689 g/mol. The standard InChI is InChI=1S/C35H31F3N6O6S/c1-50-27-7-5-26(6-8-27)44-34(41-30-18-22(36)2-11-29(30)35(44)47)31(16-21-14-23(37)17-24(38)15-21)40-32(45)19-42-12-13-43(20-33(42)46)51(48,49)28-9-3-25(39)4-10-28/h2-11,14-15,17-18,31H,12-13,16,19-20,39H2,1H3,(H,40,45)/t31-/m0/s1. The van der Waals surface area contributed by atoms with E-state index < -0.39 is 64.0 Å². The number of fused-ring (bicyclic) bond motifs is 1. The van der Waals surface area contributed by atoms with Crippen molar-refractivity contribution < 1.29 is 35.9 Å². The first-order valence-electron chi connectivity index (χ1n) is 15.6. The molecule has 264 valence electrons. The third-order valence-electron chi connectivity index (χ3n) is 8.33. The summed E-state index contributed by atoms with van der Waals surface area (Å²) >= 11 is 0. The van der Waals surface area contributed by atoms with Crippen molar-refractivity contribution in [2.24, 2.45) is 0 Å². The summed E-state index contributed by atoms with van der Waals surface area (Å²) in [6.45, 7) is -1.27. The average Bonchev–Trinajstić information content (AvgIpc) is 3.08. The van der Waals surface area contributed by atoms with Crippen LogP contribution in [0.25, 0.3) is 16.6 Å². The highest BCUT2D eigenvalue weighted by molar-refractivity contribution is 7.89. The molecule has 0 saturated carbocycles. The molecule has 6 rings (SSSR count). The molecule has 0 spiro atoms. The molecule has 2 amide bonds. The largest absolute Gasteiger partial charge is 0.497 e. The quantitative estimate of drug-likeness (QED) is 0.208. The van der Waals surface area contributed by atoms with E-state index in [2.05, 4.69) is 10.3 Å². The van der Waals surface area contributed by atoms with Crippen LogP contribution in [0.1, 0.15) is 17.4 Å². The number of nitrogens with one attached hydrogen (secondary N) is 1. The van der Waals surface area contributed by atoms with Gasteiger partial charge >= 0.3 is 0 Å². The summed E-state index contributed by atoms with van der Waals surface area (Å²) in [6.07, 6.45) is -0.272. The molecule has 0 bridgehead atoms. The molecule has 0 unspecified atom stereocenters. The highest BCUT2D eigenvalue weighted by atomic mass is 32.2. The average molecular weight is 721 g/mol. The molecule has 0 aliphatic carbocycles. The van der Waals surface area contributed by atoms with Crippen molar-refractivity contribution in [3.63, 3.8) is 0 Å². The monoisotopic (exact) mass is 720 g/mol. The van der Waals surface area contributed by atoms with Gasteiger partial charge in [0.2, 0.25) is 21.8 Å². The number of anilines is 1. The minimum Gasteiger partial charge on any atom is -0.497 e. The number of nitrogen functional groups attached to an aromatic ring is 1. The zero-order chi connectivity index (χ0) is 36.4. The molecule has 5 aromatic rings. The lowest BCUT2D eigenvalue weighted by Crippen LogP contribution is -2.54. The van der Waals surface area contributed by atoms with Crippen LogP contribution in [0.3, 0.4) is 0 Å². The maximum atomic E-state index is 14.4. The molecule has 0 radical (unpaired) electrons. The Bertz CT molecular complexity index is 2280. The molecule has 4 aromatic carbocycles. The third kappa shape index (κ3) is 7.56. The molecule has 16 heteroatoms. The highest BCUT2D eigenvalue weighted by Crippen LogP contribution is 2.25. The smallest absolute Gasteiger partial charge is 0.266 e. The van der Waals surface area contributed by atoms with Gasteiger partial charge in [-0.3, -0.25) is 19.0 Å². The first-order valence-corrected chi connectivity index (χ1v) is 17.0. The van der Waals surface area contributed by atoms with Gasteiger partial charge in [0.15, 0.2) is 0 Å². The molecule has 3 N–H and O–H groups in total. The summed E-state index contributed by atoms with van der Waals surface area (Å²) in [5, 5.41) is 2.80. The van der Waals surface area contributed by atoms with Gasteiger partial charge in [-0.1, -0.05) is 0 Å². The van der Waals surface area contributed by atoms with Crippen LogP contribution in [0.5, 0.6) is 5.75 Å². The molecule has 1 saturated heterocycles. The Morgan fingerprint density at radius 2 is 1.61 bits per heavy atom. The van der Waals surface area contributed by atoms with Gasteiger partial charge in [0.05, 0.1) is 47.7 Å². The van der Waals surface area contributed by atoms with E-state index in [1.165, 1.54) is 46.9 Å². The van der Waals surface area contributed by atoms with Crippen molar-refractivity contribution in [2.45, 2.75) is 17.4 Å². The van der Waals surface area contributed by atoms with E-state index in [4.69, 9.17) is 10.5 Å². The fourth-order valence-electron chi connectivity index (χ4n) is 5.82. The number of nitrogens with two attached hydrogens (primary N) is 1. The van der Waals surface area contributed by atoms with Crippen molar-refractivity contribution >= 4 is 38.4 Å². The second-order valence-corrected chi connectivity index (χ2v) is 13.7. The van der Waals surface area contributed by atoms with Crippen molar-refractivity contribution in [2.75, 3.05) is 39.0 Å². The summed E-state index contributed by atoms with van der Waals surface area (Å²) < 4.78 is 76.7. The maximum absolute atomic E-state index is 14.4. The molecule has 1 fully saturated rings. The summed E-state index contributed by atoms with van der Waals surface area (Å²) in [4.78, 5) is 46.5. The lowest BCUT2D eigenvalue weighted by molar-refractivity contribution is -0.138. The Kier molecular flexibility index (Phi) is 9.80. The second-order valence-electron chi connectivity index (χ2n) is 11.8. The Labute approximate surface area is 289 Å². The van der Waals surface area contributed by atoms with Crippen molar-refractivity contribution in [1.82, 2.24) is 24.1 Å². The van der Waals surface area contributed by atoms with Crippen LogP contribution in [-0.4, -0.2) is 72.3 Å². The van der Waals surface area contributed by atoms with Crippen molar-refractivity contribution in [1.29, 1.82) is 0 Å². The lowest BCUT2D eigenvalue weighted by atomic mass is 10.0. The van der Waals surface area contributed by atoms with Crippen LogP contribution in [0, 0.1) is 17.5 Å². The molecule has 2 heterocycles. The number of aromatic nitrogens is 2. The Morgan fingerprint density at radius 1 is 0.922 bits per heavy atom. The maximum Gasteiger partial charge on any atom is 0.266 e. The van der Waals surface area contributed by atoms with Gasteiger partial charge in [-0.15, -0.1) is 0 Å². The van der Waals surface area contributed by atoms with E-state index in [0.29, 0.717) is 23.2 Å². The first-order chi connectivity index (χ1) is 24.3. The van der Waals surface area contributed by atoms with E-state index >= 15 is 0 Å². The molecule has 1 aromatic heterocycles.